The minimum absolute atomic E-state index is 0.0372. The van der Waals surface area contributed by atoms with Crippen LogP contribution in [0.15, 0.2) is 17.5 Å². The fraction of sp³-hybridized carbons (Fsp3) is 0.625. The van der Waals surface area contributed by atoms with E-state index in [2.05, 4.69) is 5.32 Å². The number of thiophene rings is 1. The molecule has 3 heterocycles. The van der Waals surface area contributed by atoms with E-state index in [0.29, 0.717) is 43.8 Å². The van der Waals surface area contributed by atoms with E-state index in [-0.39, 0.29) is 17.9 Å². The second-order valence-electron chi connectivity index (χ2n) is 6.58. The Morgan fingerprint density at radius 3 is 2.52 bits per heavy atom. The summed E-state index contributed by atoms with van der Waals surface area (Å²) in [6.45, 7) is 1.44. The van der Waals surface area contributed by atoms with Crippen molar-refractivity contribution in [1.82, 2.24) is 14.5 Å². The molecule has 1 atom stereocenters. The van der Waals surface area contributed by atoms with Crippen molar-refractivity contribution in [2.45, 2.75) is 37.8 Å². The zero-order chi connectivity index (χ0) is 18.0. The summed E-state index contributed by atoms with van der Waals surface area (Å²) in [5.74, 6) is -0.209. The summed E-state index contributed by atoms with van der Waals surface area (Å²) in [5, 5.41) is 4.87. The van der Waals surface area contributed by atoms with E-state index in [1.165, 1.54) is 21.9 Å². The fourth-order valence-electron chi connectivity index (χ4n) is 3.45. The maximum Gasteiger partial charge on any atom is 0.264 e. The van der Waals surface area contributed by atoms with Gasteiger partial charge in [-0.25, -0.2) is 12.7 Å². The molecule has 0 radical (unpaired) electrons. The van der Waals surface area contributed by atoms with Crippen LogP contribution < -0.4 is 5.32 Å². The van der Waals surface area contributed by atoms with Gasteiger partial charge in [0.15, 0.2) is 0 Å². The SMILES string of the molecule is CS(=O)(=O)N1CCC(NC(=O)[C@@H]2CCCN2C(=O)c2cccs2)CC1. The lowest BCUT2D eigenvalue weighted by Gasteiger charge is -2.32. The first-order valence-electron chi connectivity index (χ1n) is 8.46. The van der Waals surface area contributed by atoms with Gasteiger partial charge in [0.25, 0.3) is 5.91 Å². The summed E-state index contributed by atoms with van der Waals surface area (Å²) >= 11 is 1.38. The Labute approximate surface area is 152 Å². The number of nitrogens with zero attached hydrogens (tertiary/aromatic N) is 2. The molecule has 138 valence electrons. The Bertz CT molecular complexity index is 725. The summed E-state index contributed by atoms with van der Waals surface area (Å²) in [5.41, 5.74) is 0. The number of likely N-dealkylation sites (tertiary alicyclic amines) is 1. The van der Waals surface area contributed by atoms with E-state index in [4.69, 9.17) is 0 Å². The molecule has 0 aliphatic carbocycles. The molecule has 1 aromatic heterocycles. The molecular formula is C16H23N3O4S2. The second kappa shape index (κ2) is 7.43. The number of hydrogen-bond acceptors (Lipinski definition) is 5. The van der Waals surface area contributed by atoms with Crippen LogP contribution in [-0.2, 0) is 14.8 Å². The van der Waals surface area contributed by atoms with Crippen molar-refractivity contribution in [3.63, 3.8) is 0 Å². The van der Waals surface area contributed by atoms with Gasteiger partial charge in [0.05, 0.1) is 11.1 Å². The van der Waals surface area contributed by atoms with Crippen LogP contribution in [0.4, 0.5) is 0 Å². The van der Waals surface area contributed by atoms with Crippen molar-refractivity contribution in [1.29, 1.82) is 0 Å². The highest BCUT2D eigenvalue weighted by Crippen LogP contribution is 2.23. The molecule has 0 spiro atoms. The highest BCUT2D eigenvalue weighted by atomic mass is 32.2. The van der Waals surface area contributed by atoms with E-state index in [1.807, 2.05) is 11.4 Å². The summed E-state index contributed by atoms with van der Waals surface area (Å²) in [4.78, 5) is 27.5. The topological polar surface area (TPSA) is 86.8 Å². The van der Waals surface area contributed by atoms with E-state index in [1.54, 1.807) is 11.0 Å². The first kappa shape index (κ1) is 18.3. The molecule has 25 heavy (non-hydrogen) atoms. The van der Waals surface area contributed by atoms with Crippen LogP contribution in [0.25, 0.3) is 0 Å². The van der Waals surface area contributed by atoms with Gasteiger partial charge >= 0.3 is 0 Å². The van der Waals surface area contributed by atoms with E-state index in [0.717, 1.165) is 6.42 Å². The Kier molecular flexibility index (Phi) is 5.45. The fourth-order valence-corrected chi connectivity index (χ4v) is 5.01. The van der Waals surface area contributed by atoms with Crippen LogP contribution >= 0.6 is 11.3 Å². The predicted molar refractivity (Wildman–Crippen MR) is 96.0 cm³/mol. The molecule has 2 fully saturated rings. The Morgan fingerprint density at radius 1 is 1.20 bits per heavy atom. The molecule has 2 aliphatic rings. The Balaban J connectivity index is 1.57. The molecule has 9 heteroatoms. The average molecular weight is 386 g/mol. The number of hydrogen-bond donors (Lipinski definition) is 1. The molecule has 0 bridgehead atoms. The number of piperidine rings is 1. The van der Waals surface area contributed by atoms with Gasteiger partial charge in [-0.15, -0.1) is 11.3 Å². The van der Waals surface area contributed by atoms with Gasteiger partial charge in [-0.1, -0.05) is 6.07 Å². The molecule has 2 aliphatic heterocycles. The minimum atomic E-state index is -3.17. The lowest BCUT2D eigenvalue weighted by Crippen LogP contribution is -2.51. The number of amides is 2. The lowest BCUT2D eigenvalue weighted by molar-refractivity contribution is -0.125. The zero-order valence-electron chi connectivity index (χ0n) is 14.2. The van der Waals surface area contributed by atoms with Crippen LogP contribution in [0.2, 0.25) is 0 Å². The standard InChI is InChI=1S/C16H23N3O4S2/c1-25(22,23)18-9-6-12(7-10-18)17-15(20)13-4-2-8-19(13)16(21)14-5-3-11-24-14/h3,5,11-13H,2,4,6-10H2,1H3,(H,17,20)/t13-/m0/s1. The van der Waals surface area contributed by atoms with Crippen molar-refractivity contribution in [2.75, 3.05) is 25.9 Å². The van der Waals surface area contributed by atoms with Crippen LogP contribution in [0.5, 0.6) is 0 Å². The van der Waals surface area contributed by atoms with Crippen molar-refractivity contribution in [2.24, 2.45) is 0 Å². The van der Waals surface area contributed by atoms with Crippen LogP contribution in [0.3, 0.4) is 0 Å². The average Bonchev–Trinajstić information content (AvgIpc) is 3.25. The van der Waals surface area contributed by atoms with Crippen molar-refractivity contribution < 1.29 is 18.0 Å². The quantitative estimate of drug-likeness (QED) is 0.834. The monoisotopic (exact) mass is 385 g/mol. The van der Waals surface area contributed by atoms with Crippen molar-refractivity contribution in [3.05, 3.63) is 22.4 Å². The second-order valence-corrected chi connectivity index (χ2v) is 9.51. The smallest absolute Gasteiger partial charge is 0.264 e. The first-order chi connectivity index (χ1) is 11.9. The third-order valence-electron chi connectivity index (χ3n) is 4.82. The third-order valence-corrected chi connectivity index (χ3v) is 6.98. The Hall–Kier alpha value is -1.45. The number of carbonyl (C=O) groups is 2. The first-order valence-corrected chi connectivity index (χ1v) is 11.2. The molecule has 3 rings (SSSR count). The normalized spacial score (nSPS) is 22.9. The minimum Gasteiger partial charge on any atom is -0.351 e. The van der Waals surface area contributed by atoms with Gasteiger partial charge in [-0.3, -0.25) is 9.59 Å². The van der Waals surface area contributed by atoms with Crippen LogP contribution in [-0.4, -0.2) is 67.4 Å². The van der Waals surface area contributed by atoms with Gasteiger partial charge in [-0.05, 0) is 37.1 Å². The summed E-state index contributed by atoms with van der Waals surface area (Å²) < 4.78 is 24.5. The molecule has 0 saturated carbocycles. The number of carbonyl (C=O) groups excluding carboxylic acids is 2. The highest BCUT2D eigenvalue weighted by molar-refractivity contribution is 7.88. The lowest BCUT2D eigenvalue weighted by atomic mass is 10.1. The number of rotatable bonds is 4. The largest absolute Gasteiger partial charge is 0.351 e. The van der Waals surface area contributed by atoms with E-state index < -0.39 is 16.1 Å². The predicted octanol–water partition coefficient (Wildman–Crippen LogP) is 0.893. The zero-order valence-corrected chi connectivity index (χ0v) is 15.8. The molecule has 0 aromatic carbocycles. The maximum absolute atomic E-state index is 12.6. The molecule has 2 saturated heterocycles. The van der Waals surface area contributed by atoms with Crippen molar-refractivity contribution in [3.8, 4) is 0 Å². The van der Waals surface area contributed by atoms with Crippen molar-refractivity contribution >= 4 is 33.2 Å². The van der Waals surface area contributed by atoms with Gasteiger partial charge in [-0.2, -0.15) is 0 Å². The van der Waals surface area contributed by atoms with Gasteiger partial charge < -0.3 is 10.2 Å². The van der Waals surface area contributed by atoms with Crippen LogP contribution in [0, 0.1) is 0 Å². The van der Waals surface area contributed by atoms with E-state index >= 15 is 0 Å². The third kappa shape index (κ3) is 4.21. The van der Waals surface area contributed by atoms with Gasteiger partial charge in [0.2, 0.25) is 15.9 Å². The maximum atomic E-state index is 12.6. The van der Waals surface area contributed by atoms with Gasteiger partial charge in [0, 0.05) is 25.7 Å². The molecule has 1 N–H and O–H groups in total. The molecule has 0 unspecified atom stereocenters. The molecule has 2 amide bonds. The summed E-state index contributed by atoms with van der Waals surface area (Å²) in [6, 6.07) is 3.15. The Morgan fingerprint density at radius 2 is 1.92 bits per heavy atom. The molecular weight excluding hydrogens is 362 g/mol. The highest BCUT2D eigenvalue weighted by Gasteiger charge is 2.36. The number of sulfonamides is 1. The number of nitrogens with one attached hydrogen (secondary N) is 1. The molecule has 7 nitrogen and oxygen atoms in total. The van der Waals surface area contributed by atoms with E-state index in [9.17, 15) is 18.0 Å². The molecule has 1 aromatic rings. The summed E-state index contributed by atoms with van der Waals surface area (Å²) in [7, 11) is -3.17. The van der Waals surface area contributed by atoms with Crippen LogP contribution in [0.1, 0.15) is 35.4 Å². The summed E-state index contributed by atoms with van der Waals surface area (Å²) in [6.07, 6.45) is 3.90. The van der Waals surface area contributed by atoms with Gasteiger partial charge in [0.1, 0.15) is 6.04 Å².